The number of aliphatic hydroxyl groups excluding tert-OH is 19. The van der Waals surface area contributed by atoms with Crippen molar-refractivity contribution >= 4 is 5.78 Å². The summed E-state index contributed by atoms with van der Waals surface area (Å²) in [6, 6.07) is 0. The lowest BCUT2D eigenvalue weighted by molar-refractivity contribution is -0.414. The van der Waals surface area contributed by atoms with Crippen LogP contribution in [0.5, 0.6) is 0 Å². The van der Waals surface area contributed by atoms with E-state index in [2.05, 4.69) is 27.7 Å². The summed E-state index contributed by atoms with van der Waals surface area (Å²) in [5.74, 6) is -0.0668. The fourth-order valence-corrected chi connectivity index (χ4v) is 18.6. The van der Waals surface area contributed by atoms with Crippen molar-refractivity contribution in [1.29, 1.82) is 0 Å². The minimum atomic E-state index is -2.17. The van der Waals surface area contributed by atoms with Gasteiger partial charge in [0.05, 0.1) is 64.1 Å². The van der Waals surface area contributed by atoms with Gasteiger partial charge in [-0.25, -0.2) is 0 Å². The second-order valence-corrected chi connectivity index (χ2v) is 29.6. The molecule has 33 nitrogen and oxygen atoms in total. The van der Waals surface area contributed by atoms with Crippen LogP contribution in [0.2, 0.25) is 0 Å². The van der Waals surface area contributed by atoms with Gasteiger partial charge in [-0.2, -0.15) is 0 Å². The lowest BCUT2D eigenvalue weighted by Crippen LogP contribution is -2.69. The summed E-state index contributed by atoms with van der Waals surface area (Å²) < 4.78 is 79.6. The molecule has 0 radical (unpaired) electrons. The predicted molar refractivity (Wildman–Crippen MR) is 319 cm³/mol. The van der Waals surface area contributed by atoms with Crippen molar-refractivity contribution in [2.24, 2.45) is 33.5 Å². The van der Waals surface area contributed by atoms with Crippen molar-refractivity contribution in [1.82, 2.24) is 0 Å². The summed E-state index contributed by atoms with van der Waals surface area (Å²) in [6.07, 6.45) is -51.0. The van der Waals surface area contributed by atoms with E-state index in [9.17, 15) is 102 Å². The van der Waals surface area contributed by atoms with Crippen LogP contribution in [0.25, 0.3) is 0 Å². The second-order valence-electron chi connectivity index (χ2n) is 29.6. The molecular weight excluding hydrogens is 1300 g/mol. The highest BCUT2D eigenvalue weighted by molar-refractivity contribution is 5.83. The van der Waals surface area contributed by atoms with Gasteiger partial charge in [0.1, 0.15) is 140 Å². The minimum absolute atomic E-state index is 0.116. The molecule has 7 saturated heterocycles. The number of rotatable bonds is 20. The standard InChI is InChI=1S/C64H104O33/c1-7-28(70)30-16-24(2)64(97-30)15-14-61(5)27-8-9-35-60(4,26(27)10-13-62(61,64)6)12-11-36(63(35,22-68)23-69)92-55-48(83)45(80)41(76)34(91-55)21-86-57-51(38(73)29(71)20-85-57)95-59-53(96-54-47(82)43(78)37(72)25(3)87-54)50(42(77)33(19-67)90-59)93-58-52(46(81)40(75)32(18-66)89-58)94-56-49(84)44(79)39(74)31(17-65)88-56/h24-25,29-59,65-69,71-84H,7-23H2,1-6H3. The maximum Gasteiger partial charge on any atom is 0.187 e. The molecule has 4 aliphatic carbocycles. The van der Waals surface area contributed by atoms with Gasteiger partial charge in [0, 0.05) is 17.3 Å². The quantitative estimate of drug-likeness (QED) is 0.0504. The molecule has 0 amide bonds. The molecule has 0 bridgehead atoms. The second kappa shape index (κ2) is 29.6. The van der Waals surface area contributed by atoms with Crippen LogP contribution in [0.3, 0.4) is 0 Å². The van der Waals surface area contributed by atoms with E-state index in [-0.39, 0.29) is 34.9 Å². The zero-order valence-electron chi connectivity index (χ0n) is 55.3. The van der Waals surface area contributed by atoms with Crippen molar-refractivity contribution in [3.63, 3.8) is 0 Å². The first kappa shape index (κ1) is 76.3. The van der Waals surface area contributed by atoms with Gasteiger partial charge in [0.2, 0.25) is 0 Å². The Balaban J connectivity index is 0.830. The van der Waals surface area contributed by atoms with Crippen molar-refractivity contribution in [3.8, 4) is 0 Å². The molecule has 11 aliphatic rings. The Morgan fingerprint density at radius 1 is 0.495 bits per heavy atom. The average molecular weight is 1400 g/mol. The van der Waals surface area contributed by atoms with E-state index in [1.165, 1.54) is 18.1 Å². The molecular formula is C64H104O33. The smallest absolute Gasteiger partial charge is 0.187 e. The van der Waals surface area contributed by atoms with Crippen LogP contribution in [-0.2, 0) is 66.4 Å². The molecule has 11 rings (SSSR count). The van der Waals surface area contributed by atoms with Crippen LogP contribution < -0.4 is 0 Å². The fraction of sp³-hybridized carbons (Fsp3) is 0.953. The van der Waals surface area contributed by atoms with Gasteiger partial charge in [-0.15, -0.1) is 0 Å². The molecule has 33 heteroatoms. The average Bonchev–Trinajstić information content (AvgIpc) is 1.53. The van der Waals surface area contributed by atoms with Gasteiger partial charge in [-0.1, -0.05) is 45.8 Å². The zero-order chi connectivity index (χ0) is 70.5. The number of Topliss-reactive ketones (excluding diaryl/α,β-unsaturated/α-hetero) is 1. The number of allylic oxidation sites excluding steroid dienone is 2. The normalized spacial score (nSPS) is 53.2. The first-order valence-corrected chi connectivity index (χ1v) is 34.2. The first-order valence-electron chi connectivity index (χ1n) is 34.2. The van der Waals surface area contributed by atoms with Gasteiger partial charge in [0.15, 0.2) is 43.5 Å². The summed E-state index contributed by atoms with van der Waals surface area (Å²) in [7, 11) is 0. The van der Waals surface area contributed by atoms with Gasteiger partial charge in [-0.3, -0.25) is 4.79 Å². The molecule has 0 aromatic carbocycles. The molecule has 97 heavy (non-hydrogen) atoms. The third kappa shape index (κ3) is 12.9. The number of hydrogen-bond donors (Lipinski definition) is 19. The van der Waals surface area contributed by atoms with Crippen LogP contribution in [0, 0.1) is 33.5 Å². The molecule has 0 aromatic heterocycles. The first-order chi connectivity index (χ1) is 45.9. The molecule has 37 unspecified atom stereocenters. The number of ketones is 1. The van der Waals surface area contributed by atoms with E-state index in [4.69, 9.17) is 61.6 Å². The Kier molecular flexibility index (Phi) is 23.3. The van der Waals surface area contributed by atoms with Gasteiger partial charge >= 0.3 is 0 Å². The Hall–Kier alpha value is -1.87. The summed E-state index contributed by atoms with van der Waals surface area (Å²) >= 11 is 0. The van der Waals surface area contributed by atoms with Crippen LogP contribution in [-0.4, -0.2) is 345 Å². The molecule has 7 aliphatic heterocycles. The topological polar surface area (TPSA) is 521 Å². The maximum absolute atomic E-state index is 13.1. The lowest BCUT2D eigenvalue weighted by atomic mass is 9.42. The van der Waals surface area contributed by atoms with E-state index in [1.807, 2.05) is 6.92 Å². The number of fused-ring (bicyclic) bond motifs is 5. The Morgan fingerprint density at radius 2 is 1.01 bits per heavy atom. The third-order valence-corrected chi connectivity index (χ3v) is 24.7. The molecule has 0 aromatic rings. The number of carbonyl (C=O) groups is 1. The summed E-state index contributed by atoms with van der Waals surface area (Å²) in [5, 5.41) is 211. The molecule has 1 spiro atoms. The highest BCUT2D eigenvalue weighted by Gasteiger charge is 2.73. The fourth-order valence-electron chi connectivity index (χ4n) is 18.6. The predicted octanol–water partition coefficient (Wildman–Crippen LogP) is -6.82. The molecule has 558 valence electrons. The van der Waals surface area contributed by atoms with E-state index >= 15 is 0 Å². The molecule has 7 heterocycles. The highest BCUT2D eigenvalue weighted by atomic mass is 16.8. The SMILES string of the molecule is CCC(=O)C1CC(C)C2(CCC3(C)C4=C(CCC32C)C2(C)CCC(OC3OC(COC5OCC(O)C(O)C5OC5OC(CO)C(O)C(OC6OC(CO)C(O)C(O)C6OC6OC(CO)C(O)C(O)C6O)C5OC5OC(C)C(O)C(O)C5O)C(O)C(O)C3O)C(CO)(CO)C2CC4)O1. The van der Waals surface area contributed by atoms with Crippen molar-refractivity contribution in [3.05, 3.63) is 11.1 Å². The summed E-state index contributed by atoms with van der Waals surface area (Å²) in [4.78, 5) is 13.1. The summed E-state index contributed by atoms with van der Waals surface area (Å²) in [5.41, 5.74) is -0.206. The number of ether oxygens (including phenoxy) is 13. The van der Waals surface area contributed by atoms with Crippen molar-refractivity contribution in [2.45, 2.75) is 302 Å². The molecule has 2 saturated carbocycles. The van der Waals surface area contributed by atoms with Crippen molar-refractivity contribution in [2.75, 3.05) is 46.2 Å². The van der Waals surface area contributed by atoms with Crippen LogP contribution >= 0.6 is 0 Å². The number of hydrogen-bond acceptors (Lipinski definition) is 33. The number of aliphatic hydroxyl groups is 19. The van der Waals surface area contributed by atoms with Gasteiger partial charge < -0.3 is 159 Å². The van der Waals surface area contributed by atoms with Gasteiger partial charge in [-0.05, 0) is 87.4 Å². The monoisotopic (exact) mass is 1400 g/mol. The summed E-state index contributed by atoms with van der Waals surface area (Å²) in [6.45, 7) is 6.75. The Bertz CT molecular complexity index is 2700. The van der Waals surface area contributed by atoms with E-state index in [1.54, 1.807) is 0 Å². The third-order valence-electron chi connectivity index (χ3n) is 24.7. The van der Waals surface area contributed by atoms with Gasteiger partial charge in [0.25, 0.3) is 0 Å². The van der Waals surface area contributed by atoms with E-state index < -0.39 is 253 Å². The Labute approximate surface area is 560 Å². The van der Waals surface area contributed by atoms with E-state index in [0.29, 0.717) is 32.1 Å². The van der Waals surface area contributed by atoms with Crippen LogP contribution in [0.1, 0.15) is 106 Å². The molecule has 37 atom stereocenters. The Morgan fingerprint density at radius 3 is 1.63 bits per heavy atom. The molecule has 19 N–H and O–H groups in total. The van der Waals surface area contributed by atoms with Crippen molar-refractivity contribution < 1.29 is 163 Å². The van der Waals surface area contributed by atoms with Crippen LogP contribution in [0.15, 0.2) is 11.1 Å². The maximum atomic E-state index is 13.1. The zero-order valence-corrected chi connectivity index (χ0v) is 55.3. The largest absolute Gasteiger partial charge is 0.396 e. The minimum Gasteiger partial charge on any atom is -0.396 e. The van der Waals surface area contributed by atoms with Crippen LogP contribution in [0.4, 0.5) is 0 Å². The lowest BCUT2D eigenvalue weighted by Gasteiger charge is -2.64. The van der Waals surface area contributed by atoms with E-state index in [0.717, 1.165) is 25.7 Å². The molecule has 9 fully saturated rings. The highest BCUT2D eigenvalue weighted by Crippen LogP contribution is 2.75. The number of carbonyl (C=O) groups excluding carboxylic acids is 1.